The lowest BCUT2D eigenvalue weighted by Crippen LogP contribution is -2.49. The lowest BCUT2D eigenvalue weighted by Gasteiger charge is -2.42. The van der Waals surface area contributed by atoms with Gasteiger partial charge in [-0.15, -0.1) is 11.8 Å². The first-order chi connectivity index (χ1) is 12.7. The maximum Gasteiger partial charge on any atom is 0.240 e. The summed E-state index contributed by atoms with van der Waals surface area (Å²) in [4.78, 5) is 27.5. The Morgan fingerprint density at radius 1 is 1.08 bits per heavy atom. The highest BCUT2D eigenvalue weighted by molar-refractivity contribution is 8.00. The Bertz CT molecular complexity index is 818. The van der Waals surface area contributed by atoms with Crippen molar-refractivity contribution >= 4 is 29.3 Å². The normalized spacial score (nSPS) is 18.0. The second-order valence-corrected chi connectivity index (χ2v) is 8.03. The molecule has 0 bridgehead atoms. The van der Waals surface area contributed by atoms with E-state index in [0.717, 1.165) is 23.4 Å². The van der Waals surface area contributed by atoms with Gasteiger partial charge in [-0.2, -0.15) is 0 Å². The molecular formula is C21H22N2O2S. The van der Waals surface area contributed by atoms with Crippen LogP contribution in [0.2, 0.25) is 0 Å². The number of thioether (sulfide) groups is 1. The van der Waals surface area contributed by atoms with Crippen LogP contribution in [0.5, 0.6) is 0 Å². The van der Waals surface area contributed by atoms with Crippen LogP contribution in [-0.2, 0) is 15.0 Å². The average Bonchev–Trinajstić information content (AvgIpc) is 2.64. The highest BCUT2D eigenvalue weighted by Gasteiger charge is 2.39. The SMILES string of the molecule is O=C(CN1C(=O)CSc2ccccc21)NCC1(c2ccccc2)CCC1. The summed E-state index contributed by atoms with van der Waals surface area (Å²) in [5.74, 6) is 0.283. The van der Waals surface area contributed by atoms with Crippen molar-refractivity contribution < 1.29 is 9.59 Å². The third-order valence-corrected chi connectivity index (χ3v) is 6.48. The predicted octanol–water partition coefficient (Wildman–Crippen LogP) is 3.36. The number of benzene rings is 2. The number of hydrogen-bond acceptors (Lipinski definition) is 3. The third kappa shape index (κ3) is 3.23. The van der Waals surface area contributed by atoms with Crippen LogP contribution in [0.3, 0.4) is 0 Å². The second-order valence-electron chi connectivity index (χ2n) is 7.01. The Morgan fingerprint density at radius 2 is 1.81 bits per heavy atom. The number of anilines is 1. The Labute approximate surface area is 158 Å². The molecule has 0 radical (unpaired) electrons. The van der Waals surface area contributed by atoms with Gasteiger partial charge in [0.2, 0.25) is 11.8 Å². The van der Waals surface area contributed by atoms with Crippen LogP contribution in [0, 0.1) is 0 Å². The van der Waals surface area contributed by atoms with Crippen molar-refractivity contribution in [3.8, 4) is 0 Å². The molecule has 2 amide bonds. The van der Waals surface area contributed by atoms with E-state index < -0.39 is 0 Å². The van der Waals surface area contributed by atoms with Gasteiger partial charge in [-0.25, -0.2) is 0 Å². The molecule has 0 unspecified atom stereocenters. The van der Waals surface area contributed by atoms with Crippen molar-refractivity contribution in [3.63, 3.8) is 0 Å². The summed E-state index contributed by atoms with van der Waals surface area (Å²) in [6.45, 7) is 0.718. The van der Waals surface area contributed by atoms with Gasteiger partial charge in [-0.05, 0) is 30.5 Å². The molecule has 5 heteroatoms. The van der Waals surface area contributed by atoms with Gasteiger partial charge in [0.15, 0.2) is 0 Å². The summed E-state index contributed by atoms with van der Waals surface area (Å²) in [6.07, 6.45) is 3.39. The van der Waals surface area contributed by atoms with E-state index >= 15 is 0 Å². The summed E-state index contributed by atoms with van der Waals surface area (Å²) in [5, 5.41) is 3.08. The average molecular weight is 366 g/mol. The number of amides is 2. The Hall–Kier alpha value is -2.27. The fourth-order valence-corrected chi connectivity index (χ4v) is 4.69. The van der Waals surface area contributed by atoms with E-state index in [1.807, 2.05) is 30.3 Å². The quantitative estimate of drug-likeness (QED) is 0.883. The molecule has 2 aromatic carbocycles. The van der Waals surface area contributed by atoms with Gasteiger partial charge in [0.05, 0.1) is 11.4 Å². The van der Waals surface area contributed by atoms with Crippen LogP contribution < -0.4 is 10.2 Å². The number of rotatable bonds is 5. The Kier molecular flexibility index (Phi) is 4.72. The van der Waals surface area contributed by atoms with Crippen molar-refractivity contribution in [1.82, 2.24) is 5.32 Å². The Balaban J connectivity index is 1.42. The Morgan fingerprint density at radius 3 is 2.54 bits per heavy atom. The van der Waals surface area contributed by atoms with Gasteiger partial charge in [-0.3, -0.25) is 9.59 Å². The number of carbonyl (C=O) groups excluding carboxylic acids is 2. The molecule has 4 nitrogen and oxygen atoms in total. The minimum atomic E-state index is -0.0951. The molecule has 134 valence electrons. The number of hydrogen-bond donors (Lipinski definition) is 1. The first kappa shape index (κ1) is 17.2. The smallest absolute Gasteiger partial charge is 0.240 e. The molecule has 1 N–H and O–H groups in total. The minimum absolute atomic E-state index is 0.00901. The molecule has 1 heterocycles. The molecule has 0 saturated heterocycles. The second kappa shape index (κ2) is 7.16. The zero-order chi connectivity index (χ0) is 18.0. The summed E-state index contributed by atoms with van der Waals surface area (Å²) in [7, 11) is 0. The largest absolute Gasteiger partial charge is 0.354 e. The van der Waals surface area contributed by atoms with Gasteiger partial charge in [-0.1, -0.05) is 48.9 Å². The van der Waals surface area contributed by atoms with E-state index in [9.17, 15) is 9.59 Å². The summed E-state index contributed by atoms with van der Waals surface area (Å²) in [5.41, 5.74) is 2.18. The molecule has 1 saturated carbocycles. The topological polar surface area (TPSA) is 49.4 Å². The molecule has 26 heavy (non-hydrogen) atoms. The molecule has 0 atom stereocenters. The summed E-state index contributed by atoms with van der Waals surface area (Å²) in [6, 6.07) is 18.2. The molecule has 0 spiro atoms. The highest BCUT2D eigenvalue weighted by atomic mass is 32.2. The maximum atomic E-state index is 12.6. The molecule has 1 fully saturated rings. The van der Waals surface area contributed by atoms with E-state index in [0.29, 0.717) is 12.3 Å². The highest BCUT2D eigenvalue weighted by Crippen LogP contribution is 2.43. The third-order valence-electron chi connectivity index (χ3n) is 5.43. The summed E-state index contributed by atoms with van der Waals surface area (Å²) < 4.78 is 0. The number of para-hydroxylation sites is 1. The van der Waals surface area contributed by atoms with Crippen molar-refractivity contribution in [2.75, 3.05) is 23.7 Å². The van der Waals surface area contributed by atoms with Gasteiger partial charge in [0, 0.05) is 16.9 Å². The van der Waals surface area contributed by atoms with Crippen molar-refractivity contribution in [2.24, 2.45) is 0 Å². The number of nitrogens with zero attached hydrogens (tertiary/aromatic N) is 1. The standard InChI is InChI=1S/C21H22N2O2S/c24-19(13-23-17-9-4-5-10-18(17)26-14-20(23)25)22-15-21(11-6-12-21)16-7-2-1-3-8-16/h1-5,7-10H,6,11-15H2,(H,22,24). The zero-order valence-corrected chi connectivity index (χ0v) is 15.4. The number of carbonyl (C=O) groups is 2. The molecule has 1 aliphatic carbocycles. The number of fused-ring (bicyclic) bond motifs is 1. The monoisotopic (exact) mass is 366 g/mol. The van der Waals surface area contributed by atoms with Crippen molar-refractivity contribution in [3.05, 3.63) is 60.2 Å². The van der Waals surface area contributed by atoms with Crippen molar-refractivity contribution in [1.29, 1.82) is 0 Å². The first-order valence-corrected chi connectivity index (χ1v) is 10.0. The molecule has 0 aromatic heterocycles. The van der Waals surface area contributed by atoms with Gasteiger partial charge < -0.3 is 10.2 Å². The van der Waals surface area contributed by atoms with E-state index in [4.69, 9.17) is 0 Å². The number of nitrogens with one attached hydrogen (secondary N) is 1. The summed E-state index contributed by atoms with van der Waals surface area (Å²) >= 11 is 1.53. The predicted molar refractivity (Wildman–Crippen MR) is 104 cm³/mol. The van der Waals surface area contributed by atoms with Gasteiger partial charge in [0.25, 0.3) is 0 Å². The van der Waals surface area contributed by atoms with E-state index in [1.165, 1.54) is 23.7 Å². The van der Waals surface area contributed by atoms with E-state index in [1.54, 1.807) is 4.90 Å². The van der Waals surface area contributed by atoms with Gasteiger partial charge >= 0.3 is 0 Å². The van der Waals surface area contributed by atoms with Crippen LogP contribution in [0.4, 0.5) is 5.69 Å². The first-order valence-electron chi connectivity index (χ1n) is 9.02. The molecular weight excluding hydrogens is 344 g/mol. The fourth-order valence-electron chi connectivity index (χ4n) is 3.76. The van der Waals surface area contributed by atoms with Crippen molar-refractivity contribution in [2.45, 2.75) is 29.6 Å². The van der Waals surface area contributed by atoms with Crippen LogP contribution in [0.15, 0.2) is 59.5 Å². The van der Waals surface area contributed by atoms with Crippen LogP contribution in [0.1, 0.15) is 24.8 Å². The molecule has 1 aliphatic heterocycles. The molecule has 2 aromatic rings. The molecule has 4 rings (SSSR count). The lowest BCUT2D eigenvalue weighted by molar-refractivity contribution is -0.123. The lowest BCUT2D eigenvalue weighted by atomic mass is 9.64. The van der Waals surface area contributed by atoms with Crippen LogP contribution >= 0.6 is 11.8 Å². The molecule has 2 aliphatic rings. The zero-order valence-electron chi connectivity index (χ0n) is 14.6. The minimum Gasteiger partial charge on any atom is -0.354 e. The van der Waals surface area contributed by atoms with E-state index in [2.05, 4.69) is 29.6 Å². The van der Waals surface area contributed by atoms with Crippen LogP contribution in [0.25, 0.3) is 0 Å². The van der Waals surface area contributed by atoms with Crippen LogP contribution in [-0.4, -0.2) is 30.7 Å². The fraction of sp³-hybridized carbons (Fsp3) is 0.333. The maximum absolute atomic E-state index is 12.6. The van der Waals surface area contributed by atoms with Gasteiger partial charge in [0.1, 0.15) is 6.54 Å². The van der Waals surface area contributed by atoms with E-state index in [-0.39, 0.29) is 23.8 Å².